The number of benzene rings is 2. The van der Waals surface area contributed by atoms with Crippen molar-refractivity contribution >= 4 is 82.9 Å². The number of esters is 2. The number of nitrogens with one attached hydrogen (secondary N) is 1. The number of hydrogen-bond acceptors (Lipinski definition) is 15. The molecule has 20 heteroatoms. The van der Waals surface area contributed by atoms with Crippen molar-refractivity contribution in [2.75, 3.05) is 64.6 Å². The number of Topliss-reactive ketones (excluding diaryl/α,β-unsaturated/α-hetero) is 2. The zero-order chi connectivity index (χ0) is 68.4. The topological polar surface area (TPSA) is 227 Å². The number of aromatic nitrogens is 1. The minimum Gasteiger partial charge on any atom is -0.480 e. The predicted molar refractivity (Wildman–Crippen MR) is 373 cm³/mol. The fourth-order valence-electron chi connectivity index (χ4n) is 10.4. The second-order valence-electron chi connectivity index (χ2n) is 26.3. The number of pyridine rings is 1. The van der Waals surface area contributed by atoms with E-state index in [-0.39, 0.29) is 48.2 Å². The van der Waals surface area contributed by atoms with Crippen molar-refractivity contribution in [1.29, 1.82) is 0 Å². The first-order chi connectivity index (χ1) is 42.2. The predicted octanol–water partition coefficient (Wildman–Crippen LogP) is 15.9. The van der Waals surface area contributed by atoms with Crippen LogP contribution in [0.15, 0.2) is 95.2 Å². The Hall–Kier alpha value is -5.42. The average molecular weight is 1340 g/mol. The molecule has 3 aromatic rings. The van der Waals surface area contributed by atoms with Gasteiger partial charge in [0.25, 0.3) is 0 Å². The van der Waals surface area contributed by atoms with Crippen LogP contribution in [0.1, 0.15) is 197 Å². The lowest BCUT2D eigenvalue weighted by molar-refractivity contribution is -0.160. The van der Waals surface area contributed by atoms with Crippen LogP contribution in [0, 0.1) is 47.3 Å². The average Bonchev–Trinajstić information content (AvgIpc) is 1.06. The number of hydrogen-bond donors (Lipinski definition) is 3. The van der Waals surface area contributed by atoms with Crippen LogP contribution in [0.25, 0.3) is 0 Å². The van der Waals surface area contributed by atoms with Crippen LogP contribution >= 0.6 is 35.6 Å². The van der Waals surface area contributed by atoms with Crippen LogP contribution in [-0.4, -0.2) is 133 Å². The molecular weight excluding hydrogens is 1220 g/mol. The van der Waals surface area contributed by atoms with E-state index in [0.717, 1.165) is 56.4 Å². The Labute approximate surface area is 563 Å². The minimum atomic E-state index is -1.10. The largest absolute Gasteiger partial charge is 0.480 e. The Morgan fingerprint density at radius 2 is 1.14 bits per heavy atom. The maximum Gasteiger partial charge on any atom is 0.408 e. The molecule has 91 heavy (non-hydrogen) atoms. The normalized spacial score (nSPS) is 18.1. The maximum absolute atomic E-state index is 13.2. The Kier molecular flexibility index (Phi) is 47.4. The molecule has 2 saturated carbocycles. The Morgan fingerprint density at radius 1 is 0.681 bits per heavy atom. The summed E-state index contributed by atoms with van der Waals surface area (Å²) >= 11 is 9.53. The van der Waals surface area contributed by atoms with E-state index in [2.05, 4.69) is 86.8 Å². The number of rotatable bonds is 24. The molecular formula is C71H115Cl3N6O11. The number of aliphatic imine (C=N–C) groups is 2. The lowest BCUT2D eigenvalue weighted by Gasteiger charge is -2.36. The standard InChI is InChI=1S/C28H42O5.C20H30O2.C8H17N3.C7H10N2.C7H13NO4.CH2Cl2.ClH/c1-19(2)22-13-12-20(3)18-23(22)24(29)14-15-25(21-10-8-7-9-11-21)32-26(30)16-17-27(31)33-28(4,5)6;1-14(2)17-10-9-15(3)13-18(17)20(22)12-11-19(21)16-7-5-4-6-8-16;1-4-9-8-10-6-5-7-11(2)3;1-9(2)7-3-5-8-6-4-7;1-7(2,3)12-6(11)8-4-5(9)10;2-1-3;/h7-11,19-20,22-23,25H,12-18H2,1-6H3;4-8,14-15,17-19,21H,9-13H2,1-3H3;4-7H2,1-3H3;3-6H,1-2H3;4H2,1-3H3,(H,8,11)(H,9,10);1H2;1H/t20-,22+,23-,25-;15-,17+,18-,19-;;;;;/m11...../s1. The Balaban J connectivity index is 0. The van der Waals surface area contributed by atoms with Crippen LogP contribution in [-0.2, 0) is 38.2 Å². The van der Waals surface area contributed by atoms with Gasteiger partial charge in [0, 0.05) is 63.4 Å². The van der Waals surface area contributed by atoms with E-state index in [9.17, 15) is 33.9 Å². The van der Waals surface area contributed by atoms with Crippen molar-refractivity contribution < 1.29 is 53.2 Å². The lowest BCUT2D eigenvalue weighted by Crippen LogP contribution is -2.35. The Bertz CT molecular complexity index is 2510. The monoisotopic (exact) mass is 1330 g/mol. The van der Waals surface area contributed by atoms with Crippen molar-refractivity contribution in [2.24, 2.45) is 57.3 Å². The number of ether oxygens (including phenoxy) is 3. The van der Waals surface area contributed by atoms with Crippen molar-refractivity contribution in [3.05, 3.63) is 96.3 Å². The molecule has 0 saturated heterocycles. The van der Waals surface area contributed by atoms with E-state index in [4.69, 9.17) is 42.5 Å². The molecule has 1 aromatic heterocycles. The van der Waals surface area contributed by atoms with Gasteiger partial charge in [-0.1, -0.05) is 115 Å². The number of ketones is 2. The summed E-state index contributed by atoms with van der Waals surface area (Å²) in [5, 5.41) is 20.7. The second-order valence-corrected chi connectivity index (χ2v) is 27.1. The summed E-state index contributed by atoms with van der Waals surface area (Å²) in [6, 6.07) is 25.8. The van der Waals surface area contributed by atoms with Crippen molar-refractivity contribution in [3.8, 4) is 0 Å². The summed E-state index contributed by atoms with van der Waals surface area (Å²) in [7, 11) is 8.14. The highest BCUT2D eigenvalue weighted by molar-refractivity contribution is 6.40. The third kappa shape index (κ3) is 43.9. The summed E-state index contributed by atoms with van der Waals surface area (Å²) in [6.07, 6.45) is 11.4. The molecule has 2 aliphatic carbocycles. The minimum absolute atomic E-state index is 0. The van der Waals surface area contributed by atoms with Crippen LogP contribution in [0.4, 0.5) is 10.5 Å². The van der Waals surface area contributed by atoms with E-state index < -0.39 is 54.0 Å². The number of carboxylic acid groups (broad SMARTS) is 1. The molecule has 5 rings (SSSR count). The molecule has 3 N–H and O–H groups in total. The van der Waals surface area contributed by atoms with Crippen LogP contribution in [0.2, 0.25) is 0 Å². The first kappa shape index (κ1) is 87.6. The molecule has 0 unspecified atom stereocenters. The molecule has 2 aliphatic rings. The SMILES string of the molecule is CC(C)(C)OC(=O)NCC(=O)O.CC(C)[C@@H]1CC[C@@H](C)C[C@H]1C(=O)CC[C@@H](O)c1ccccc1.CC(C)[C@@H]1CC[C@@H](C)C[C@H]1C(=O)CC[C@@H](OC(=O)CCC(=O)OC(C)(C)C)c1ccccc1.CCN=C=NCCCN(C)C.CN(C)c1ccncc1.Cl.ClCCl. The summed E-state index contributed by atoms with van der Waals surface area (Å²) in [5.41, 5.74) is 1.78. The smallest absolute Gasteiger partial charge is 0.408 e. The second kappa shape index (κ2) is 49.2. The number of alkyl carbamates (subject to hydrolysis) is 1. The van der Waals surface area contributed by atoms with Gasteiger partial charge < -0.3 is 39.5 Å². The van der Waals surface area contributed by atoms with Crippen molar-refractivity contribution in [3.63, 3.8) is 0 Å². The summed E-state index contributed by atoms with van der Waals surface area (Å²) < 4.78 is 15.8. The zero-order valence-corrected chi connectivity index (χ0v) is 60.4. The summed E-state index contributed by atoms with van der Waals surface area (Å²) in [6.45, 7) is 28.1. The van der Waals surface area contributed by atoms with Gasteiger partial charge in [-0.05, 0) is 173 Å². The third-order valence-electron chi connectivity index (χ3n) is 14.9. The van der Waals surface area contributed by atoms with E-state index in [1.54, 1.807) is 53.9 Å². The van der Waals surface area contributed by atoms with Gasteiger partial charge in [-0.3, -0.25) is 29.0 Å². The number of carboxylic acids is 1. The first-order valence-electron chi connectivity index (χ1n) is 32.1. The third-order valence-corrected chi connectivity index (χ3v) is 14.9. The van der Waals surface area contributed by atoms with Gasteiger partial charge in [-0.25, -0.2) is 14.8 Å². The van der Waals surface area contributed by atoms with Gasteiger partial charge in [0.05, 0.1) is 36.8 Å². The highest BCUT2D eigenvalue weighted by atomic mass is 35.5. The van der Waals surface area contributed by atoms with Gasteiger partial charge in [0.2, 0.25) is 0 Å². The van der Waals surface area contributed by atoms with Crippen molar-refractivity contribution in [2.45, 2.75) is 197 Å². The van der Waals surface area contributed by atoms with Gasteiger partial charge in [-0.2, -0.15) is 0 Å². The number of halogens is 3. The quantitative estimate of drug-likeness (QED) is 0.0249. The number of carbonyl (C=O) groups excluding carboxylic acids is 5. The highest BCUT2D eigenvalue weighted by Gasteiger charge is 2.37. The number of carbonyl (C=O) groups is 6. The van der Waals surface area contributed by atoms with Gasteiger partial charge in [0.15, 0.2) is 0 Å². The van der Waals surface area contributed by atoms with E-state index >= 15 is 0 Å². The van der Waals surface area contributed by atoms with Crippen molar-refractivity contribution in [1.82, 2.24) is 15.2 Å². The number of aliphatic hydroxyl groups excluding tert-OH is 1. The number of nitrogens with zero attached hydrogens (tertiary/aromatic N) is 5. The molecule has 0 spiro atoms. The molecule has 1 amide bonds. The molecule has 0 aliphatic heterocycles. The lowest BCUT2D eigenvalue weighted by atomic mass is 9.68. The fourth-order valence-corrected chi connectivity index (χ4v) is 10.4. The fraction of sp³-hybridized carbons (Fsp3) is 0.662. The molecule has 2 aromatic carbocycles. The molecule has 1 heterocycles. The zero-order valence-electron chi connectivity index (χ0n) is 58.1. The number of amides is 1. The number of aliphatic carboxylic acids is 1. The molecule has 2 fully saturated rings. The number of aliphatic hydroxyl groups is 1. The van der Waals surface area contributed by atoms with Crippen LogP contribution in [0.3, 0.4) is 0 Å². The van der Waals surface area contributed by atoms with Crippen LogP contribution < -0.4 is 10.2 Å². The van der Waals surface area contributed by atoms with E-state index in [1.807, 2.05) is 98.7 Å². The summed E-state index contributed by atoms with van der Waals surface area (Å²) in [5.74, 6) is 2.21. The Morgan fingerprint density at radius 3 is 1.56 bits per heavy atom. The molecule has 8 atom stereocenters. The molecule has 0 radical (unpaired) electrons. The molecule has 0 bridgehead atoms. The van der Waals surface area contributed by atoms with Gasteiger partial charge in [-0.15, -0.1) is 35.6 Å². The number of anilines is 1. The van der Waals surface area contributed by atoms with E-state index in [1.165, 1.54) is 24.9 Å². The van der Waals surface area contributed by atoms with Crippen LogP contribution in [0.5, 0.6) is 0 Å². The van der Waals surface area contributed by atoms with E-state index in [0.29, 0.717) is 67.0 Å². The summed E-state index contributed by atoms with van der Waals surface area (Å²) in [4.78, 5) is 87.1. The highest BCUT2D eigenvalue weighted by Crippen LogP contribution is 2.41. The number of alkyl halides is 2. The first-order valence-corrected chi connectivity index (χ1v) is 33.2. The molecule has 17 nitrogen and oxygen atoms in total. The molecule has 516 valence electrons. The van der Waals surface area contributed by atoms with Gasteiger partial charge >= 0.3 is 24.0 Å². The van der Waals surface area contributed by atoms with Gasteiger partial charge in [0.1, 0.15) is 35.4 Å². The maximum atomic E-state index is 13.2.